The lowest BCUT2D eigenvalue weighted by atomic mass is 10.3. The molecule has 6 nitrogen and oxygen atoms in total. The van der Waals surface area contributed by atoms with Crippen LogP contribution >= 0.6 is 0 Å². The van der Waals surface area contributed by atoms with E-state index in [-0.39, 0.29) is 11.4 Å². The van der Waals surface area contributed by atoms with Gasteiger partial charge in [0, 0.05) is 12.1 Å². The van der Waals surface area contributed by atoms with Gasteiger partial charge in [-0.1, -0.05) is 0 Å². The Morgan fingerprint density at radius 1 is 1.31 bits per heavy atom. The minimum Gasteiger partial charge on any atom is -0.442 e. The van der Waals surface area contributed by atoms with E-state index in [1.54, 1.807) is 0 Å². The zero-order valence-corrected chi connectivity index (χ0v) is 6.45. The molecule has 0 spiro atoms. The van der Waals surface area contributed by atoms with Gasteiger partial charge in [-0.15, -0.1) is 0 Å². The molecule has 0 aliphatic rings. The molecule has 13 heavy (non-hydrogen) atoms. The molecule has 0 atom stereocenters. The molecule has 0 saturated carbocycles. The molecule has 0 saturated heterocycles. The first kappa shape index (κ1) is 9.43. The van der Waals surface area contributed by atoms with Crippen LogP contribution in [0.3, 0.4) is 0 Å². The van der Waals surface area contributed by atoms with Crippen LogP contribution < -0.4 is 4.74 Å². The summed E-state index contributed by atoms with van der Waals surface area (Å²) in [5.74, 6) is 0.153. The third-order valence-corrected chi connectivity index (χ3v) is 1.29. The highest BCUT2D eigenvalue weighted by Crippen LogP contribution is 2.17. The fourth-order valence-corrected chi connectivity index (χ4v) is 0.768. The Bertz CT molecular complexity index is 294. The summed E-state index contributed by atoms with van der Waals surface area (Å²) in [7, 11) is 0. The average Bonchev–Trinajstić information content (AvgIpc) is 2.04. The molecule has 2 N–H and O–H groups in total. The zero-order chi connectivity index (χ0) is 9.84. The van der Waals surface area contributed by atoms with Gasteiger partial charge in [0.1, 0.15) is 5.75 Å². The number of ether oxygens (including phenoxy) is 1. The Morgan fingerprint density at radius 3 is 2.23 bits per heavy atom. The first-order valence-corrected chi connectivity index (χ1v) is 3.37. The van der Waals surface area contributed by atoms with E-state index in [1.807, 2.05) is 0 Å². The molecule has 0 aromatic heterocycles. The molecule has 0 aliphatic carbocycles. The van der Waals surface area contributed by atoms with Gasteiger partial charge in [-0.3, -0.25) is 10.1 Å². The standard InChI is InChI=1S/C7H7NO5/c9-7(10)13-6-3-1-5(2-4-6)8(11)12/h1-4,7,9-10H. The number of hydrogen-bond acceptors (Lipinski definition) is 5. The van der Waals surface area contributed by atoms with Gasteiger partial charge < -0.3 is 14.9 Å². The number of nitro benzene ring substituents is 1. The van der Waals surface area contributed by atoms with E-state index in [1.165, 1.54) is 24.3 Å². The smallest absolute Gasteiger partial charge is 0.310 e. The van der Waals surface area contributed by atoms with Crippen LogP contribution in [0.4, 0.5) is 5.69 Å². The van der Waals surface area contributed by atoms with Crippen molar-refractivity contribution in [3.63, 3.8) is 0 Å². The second kappa shape index (κ2) is 3.83. The Labute approximate surface area is 73.2 Å². The summed E-state index contributed by atoms with van der Waals surface area (Å²) in [6.07, 6.45) is 0. The molecule has 0 heterocycles. The number of nitrogens with zero attached hydrogens (tertiary/aromatic N) is 1. The molecular formula is C7H7NO5. The predicted octanol–water partition coefficient (Wildman–Crippen LogP) is 0.242. The van der Waals surface area contributed by atoms with Crippen LogP contribution in [-0.2, 0) is 0 Å². The number of aliphatic hydroxyl groups excluding tert-OH is 1. The van der Waals surface area contributed by atoms with E-state index in [4.69, 9.17) is 10.2 Å². The molecule has 1 rings (SSSR count). The van der Waals surface area contributed by atoms with E-state index in [0.29, 0.717) is 0 Å². The number of aliphatic hydroxyl groups is 2. The number of rotatable bonds is 3. The van der Waals surface area contributed by atoms with Crippen molar-refractivity contribution in [3.8, 4) is 5.75 Å². The maximum Gasteiger partial charge on any atom is 0.310 e. The predicted molar refractivity (Wildman–Crippen MR) is 42.0 cm³/mol. The van der Waals surface area contributed by atoms with Crippen molar-refractivity contribution in [3.05, 3.63) is 34.4 Å². The van der Waals surface area contributed by atoms with Gasteiger partial charge in [0.15, 0.2) is 0 Å². The van der Waals surface area contributed by atoms with Gasteiger partial charge in [0.25, 0.3) is 5.69 Å². The van der Waals surface area contributed by atoms with Gasteiger partial charge in [-0.2, -0.15) is 0 Å². The largest absolute Gasteiger partial charge is 0.442 e. The maximum atomic E-state index is 10.2. The van der Waals surface area contributed by atoms with Crippen LogP contribution in [0.5, 0.6) is 5.75 Å². The normalized spacial score (nSPS) is 10.1. The monoisotopic (exact) mass is 185 g/mol. The minimum absolute atomic E-state index is 0.0835. The molecule has 1 aromatic rings. The van der Waals surface area contributed by atoms with Crippen molar-refractivity contribution in [2.45, 2.75) is 6.48 Å². The summed E-state index contributed by atoms with van der Waals surface area (Å²) in [5, 5.41) is 27.0. The molecule has 0 aliphatic heterocycles. The van der Waals surface area contributed by atoms with E-state index in [0.717, 1.165) is 0 Å². The van der Waals surface area contributed by atoms with Crippen LogP contribution in [0.25, 0.3) is 0 Å². The number of non-ortho nitro benzene ring substituents is 1. The van der Waals surface area contributed by atoms with E-state index < -0.39 is 11.4 Å². The Hall–Kier alpha value is -1.66. The third kappa shape index (κ3) is 2.69. The van der Waals surface area contributed by atoms with Gasteiger partial charge in [0.2, 0.25) is 0 Å². The van der Waals surface area contributed by atoms with Crippen molar-refractivity contribution in [2.75, 3.05) is 0 Å². The minimum atomic E-state index is -1.92. The van der Waals surface area contributed by atoms with Crippen molar-refractivity contribution in [2.24, 2.45) is 0 Å². The Morgan fingerprint density at radius 2 is 1.85 bits per heavy atom. The van der Waals surface area contributed by atoms with Gasteiger partial charge >= 0.3 is 6.48 Å². The first-order chi connectivity index (χ1) is 6.09. The summed E-state index contributed by atoms with van der Waals surface area (Å²) in [6, 6.07) is 4.96. The second-order valence-electron chi connectivity index (χ2n) is 2.20. The quantitative estimate of drug-likeness (QED) is 0.399. The summed E-state index contributed by atoms with van der Waals surface area (Å²) in [5.41, 5.74) is -0.0835. The van der Waals surface area contributed by atoms with E-state index in [9.17, 15) is 10.1 Å². The molecule has 0 fully saturated rings. The first-order valence-electron chi connectivity index (χ1n) is 3.37. The molecular weight excluding hydrogens is 178 g/mol. The Balaban J connectivity index is 2.75. The lowest BCUT2D eigenvalue weighted by Crippen LogP contribution is -2.13. The highest BCUT2D eigenvalue weighted by atomic mass is 16.7. The summed E-state index contributed by atoms with van der Waals surface area (Å²) >= 11 is 0. The highest BCUT2D eigenvalue weighted by Gasteiger charge is 2.05. The van der Waals surface area contributed by atoms with Crippen LogP contribution in [0, 0.1) is 10.1 Å². The fraction of sp³-hybridized carbons (Fsp3) is 0.143. The summed E-state index contributed by atoms with van der Waals surface area (Å²) < 4.78 is 4.44. The molecule has 1 aromatic carbocycles. The molecule has 70 valence electrons. The van der Waals surface area contributed by atoms with Gasteiger partial charge in [0.05, 0.1) is 4.92 Å². The SMILES string of the molecule is O=[N+]([O-])c1ccc(OC(O)O)cc1. The number of benzene rings is 1. The Kier molecular flexibility index (Phi) is 2.78. The number of nitro groups is 1. The van der Waals surface area contributed by atoms with E-state index in [2.05, 4.69) is 4.74 Å². The summed E-state index contributed by atoms with van der Waals surface area (Å²) in [4.78, 5) is 9.64. The molecule has 0 radical (unpaired) electrons. The van der Waals surface area contributed by atoms with Gasteiger partial charge in [-0.05, 0) is 12.1 Å². The molecule has 0 bridgehead atoms. The number of hydrogen-bond donors (Lipinski definition) is 2. The third-order valence-electron chi connectivity index (χ3n) is 1.29. The van der Waals surface area contributed by atoms with Crippen molar-refractivity contribution in [1.29, 1.82) is 0 Å². The maximum absolute atomic E-state index is 10.2. The van der Waals surface area contributed by atoms with Crippen molar-refractivity contribution < 1.29 is 19.9 Å². The second-order valence-corrected chi connectivity index (χ2v) is 2.20. The van der Waals surface area contributed by atoms with E-state index >= 15 is 0 Å². The topological polar surface area (TPSA) is 92.8 Å². The lowest BCUT2D eigenvalue weighted by molar-refractivity contribution is -0.384. The van der Waals surface area contributed by atoms with Crippen LogP contribution in [0.1, 0.15) is 0 Å². The molecule has 6 heteroatoms. The summed E-state index contributed by atoms with van der Waals surface area (Å²) in [6.45, 7) is -1.92. The van der Waals surface area contributed by atoms with Crippen molar-refractivity contribution >= 4 is 5.69 Å². The van der Waals surface area contributed by atoms with Gasteiger partial charge in [-0.25, -0.2) is 0 Å². The van der Waals surface area contributed by atoms with Crippen LogP contribution in [-0.4, -0.2) is 21.6 Å². The highest BCUT2D eigenvalue weighted by molar-refractivity contribution is 5.35. The van der Waals surface area contributed by atoms with Crippen molar-refractivity contribution in [1.82, 2.24) is 0 Å². The molecule has 0 unspecified atom stereocenters. The fourth-order valence-electron chi connectivity index (χ4n) is 0.768. The average molecular weight is 185 g/mol. The van der Waals surface area contributed by atoms with Crippen LogP contribution in [0.2, 0.25) is 0 Å². The molecule has 0 amide bonds. The lowest BCUT2D eigenvalue weighted by Gasteiger charge is -2.05. The van der Waals surface area contributed by atoms with Crippen LogP contribution in [0.15, 0.2) is 24.3 Å². The zero-order valence-electron chi connectivity index (χ0n) is 6.45.